The summed E-state index contributed by atoms with van der Waals surface area (Å²) in [4.78, 5) is 5.27. The van der Waals surface area contributed by atoms with Crippen molar-refractivity contribution < 1.29 is 4.74 Å². The van der Waals surface area contributed by atoms with Crippen LogP contribution in [0.5, 0.6) is 5.75 Å². The van der Waals surface area contributed by atoms with Gasteiger partial charge in [0.1, 0.15) is 10.8 Å². The third kappa shape index (κ3) is 3.15. The number of hydrogen-bond donors (Lipinski definition) is 0. The molecular weight excluding hydrogens is 322 g/mol. The molecule has 0 radical (unpaired) electrons. The summed E-state index contributed by atoms with van der Waals surface area (Å²) in [5, 5.41) is 1.38. The van der Waals surface area contributed by atoms with Crippen molar-refractivity contribution in [1.29, 1.82) is 0 Å². The zero-order chi connectivity index (χ0) is 12.3. The van der Waals surface area contributed by atoms with Crippen LogP contribution in [0, 0.1) is 0 Å². The molecule has 0 aliphatic carbocycles. The van der Waals surface area contributed by atoms with Crippen LogP contribution in [0.3, 0.4) is 0 Å². The minimum Gasteiger partial charge on any atom is -0.496 e. The SMILES string of the molecule is COc1ccccc1Sc1ncc(Br)cc1Cl. The number of nitrogens with zero attached hydrogens (tertiary/aromatic N) is 1. The van der Waals surface area contributed by atoms with E-state index >= 15 is 0 Å². The van der Waals surface area contributed by atoms with Gasteiger partial charge in [-0.15, -0.1) is 0 Å². The number of halogens is 2. The molecular formula is C12H9BrClNOS. The third-order valence-electron chi connectivity index (χ3n) is 2.05. The predicted molar refractivity (Wildman–Crippen MR) is 74.1 cm³/mol. The van der Waals surface area contributed by atoms with Crippen LogP contribution >= 0.6 is 39.3 Å². The van der Waals surface area contributed by atoms with Crippen LogP contribution in [0.1, 0.15) is 0 Å². The molecule has 2 rings (SSSR count). The Bertz CT molecular complexity index is 536. The van der Waals surface area contributed by atoms with Crippen molar-refractivity contribution in [3.8, 4) is 5.75 Å². The maximum absolute atomic E-state index is 6.12. The van der Waals surface area contributed by atoms with Crippen molar-refractivity contribution in [3.63, 3.8) is 0 Å². The van der Waals surface area contributed by atoms with Crippen molar-refractivity contribution in [2.75, 3.05) is 7.11 Å². The van der Waals surface area contributed by atoms with E-state index < -0.39 is 0 Å². The second-order valence-electron chi connectivity index (χ2n) is 3.19. The van der Waals surface area contributed by atoms with Crippen molar-refractivity contribution in [1.82, 2.24) is 4.98 Å². The first-order valence-electron chi connectivity index (χ1n) is 4.82. The smallest absolute Gasteiger partial charge is 0.132 e. The standard InChI is InChI=1S/C12H9BrClNOS/c1-16-10-4-2-3-5-11(10)17-12-9(14)6-8(13)7-15-12/h2-7H,1H3. The van der Waals surface area contributed by atoms with Gasteiger partial charge < -0.3 is 4.74 Å². The van der Waals surface area contributed by atoms with Crippen LogP contribution in [0.2, 0.25) is 5.02 Å². The van der Waals surface area contributed by atoms with Crippen LogP contribution in [0.4, 0.5) is 0 Å². The van der Waals surface area contributed by atoms with Gasteiger partial charge in [-0.1, -0.05) is 35.5 Å². The summed E-state index contributed by atoms with van der Waals surface area (Å²) >= 11 is 10.9. The third-order valence-corrected chi connectivity index (χ3v) is 3.96. The molecule has 1 aromatic carbocycles. The number of ether oxygens (including phenoxy) is 1. The average molecular weight is 331 g/mol. The zero-order valence-corrected chi connectivity index (χ0v) is 12.1. The van der Waals surface area contributed by atoms with Crippen molar-refractivity contribution in [3.05, 3.63) is 46.0 Å². The highest BCUT2D eigenvalue weighted by Gasteiger charge is 2.08. The van der Waals surface area contributed by atoms with Gasteiger partial charge >= 0.3 is 0 Å². The lowest BCUT2D eigenvalue weighted by Gasteiger charge is -2.08. The lowest BCUT2D eigenvalue weighted by atomic mass is 10.3. The van der Waals surface area contributed by atoms with E-state index in [0.717, 1.165) is 20.1 Å². The molecule has 0 saturated heterocycles. The zero-order valence-electron chi connectivity index (χ0n) is 8.98. The molecule has 0 N–H and O–H groups in total. The number of rotatable bonds is 3. The number of methoxy groups -OCH3 is 1. The molecule has 1 heterocycles. The highest BCUT2D eigenvalue weighted by atomic mass is 79.9. The fraction of sp³-hybridized carbons (Fsp3) is 0.0833. The van der Waals surface area contributed by atoms with Crippen molar-refractivity contribution in [2.24, 2.45) is 0 Å². The Balaban J connectivity index is 2.31. The second-order valence-corrected chi connectivity index (χ2v) is 5.55. The first kappa shape index (κ1) is 12.7. The van der Waals surface area contributed by atoms with E-state index in [-0.39, 0.29) is 0 Å². The summed E-state index contributed by atoms with van der Waals surface area (Å²) in [5.41, 5.74) is 0. The Morgan fingerprint density at radius 1 is 1.35 bits per heavy atom. The molecule has 5 heteroatoms. The van der Waals surface area contributed by atoms with Crippen LogP contribution < -0.4 is 4.74 Å². The number of aromatic nitrogens is 1. The van der Waals surface area contributed by atoms with Gasteiger partial charge in [0.2, 0.25) is 0 Å². The quantitative estimate of drug-likeness (QED) is 0.817. The van der Waals surface area contributed by atoms with Crippen molar-refractivity contribution >= 4 is 39.3 Å². The molecule has 0 aliphatic rings. The molecule has 88 valence electrons. The fourth-order valence-electron chi connectivity index (χ4n) is 1.28. The highest BCUT2D eigenvalue weighted by Crippen LogP contribution is 2.37. The van der Waals surface area contributed by atoms with Gasteiger partial charge in [0.25, 0.3) is 0 Å². The Morgan fingerprint density at radius 2 is 2.12 bits per heavy atom. The number of hydrogen-bond acceptors (Lipinski definition) is 3. The van der Waals surface area contributed by atoms with Gasteiger partial charge in [0.05, 0.1) is 17.0 Å². The van der Waals surface area contributed by atoms with E-state index in [9.17, 15) is 0 Å². The molecule has 0 saturated carbocycles. The Kier molecular flexibility index (Phi) is 4.31. The first-order valence-corrected chi connectivity index (χ1v) is 6.81. The lowest BCUT2D eigenvalue weighted by Crippen LogP contribution is -1.87. The molecule has 17 heavy (non-hydrogen) atoms. The van der Waals surface area contributed by atoms with Gasteiger partial charge in [-0.3, -0.25) is 0 Å². The monoisotopic (exact) mass is 329 g/mol. The molecule has 0 fully saturated rings. The maximum atomic E-state index is 6.12. The molecule has 0 unspecified atom stereocenters. The number of benzene rings is 1. The van der Waals surface area contributed by atoms with Gasteiger partial charge in [0, 0.05) is 10.7 Å². The van der Waals surface area contributed by atoms with Crippen LogP contribution in [0.15, 0.2) is 50.9 Å². The van der Waals surface area contributed by atoms with E-state index in [4.69, 9.17) is 16.3 Å². The fourth-order valence-corrected chi connectivity index (χ4v) is 2.90. The van der Waals surface area contributed by atoms with Gasteiger partial charge in [-0.2, -0.15) is 0 Å². The van der Waals surface area contributed by atoms with E-state index in [2.05, 4.69) is 20.9 Å². The molecule has 0 spiro atoms. The molecule has 0 amide bonds. The van der Waals surface area contributed by atoms with Crippen LogP contribution in [-0.4, -0.2) is 12.1 Å². The maximum Gasteiger partial charge on any atom is 0.132 e. The molecule has 0 atom stereocenters. The average Bonchev–Trinajstić information content (AvgIpc) is 2.33. The Morgan fingerprint density at radius 3 is 2.82 bits per heavy atom. The molecule has 0 aliphatic heterocycles. The summed E-state index contributed by atoms with van der Waals surface area (Å²) < 4.78 is 6.15. The summed E-state index contributed by atoms with van der Waals surface area (Å²) in [6, 6.07) is 9.60. The van der Waals surface area contributed by atoms with Gasteiger partial charge in [0.15, 0.2) is 0 Å². The molecule has 1 aromatic heterocycles. The van der Waals surface area contributed by atoms with E-state index in [0.29, 0.717) is 5.02 Å². The predicted octanol–water partition coefficient (Wildman–Crippen LogP) is 4.66. The van der Waals surface area contributed by atoms with E-state index in [1.165, 1.54) is 11.8 Å². The minimum atomic E-state index is 0.621. The lowest BCUT2D eigenvalue weighted by molar-refractivity contribution is 0.405. The van der Waals surface area contributed by atoms with Crippen LogP contribution in [-0.2, 0) is 0 Å². The Labute approximate surface area is 117 Å². The van der Waals surface area contributed by atoms with Crippen molar-refractivity contribution in [2.45, 2.75) is 9.92 Å². The summed E-state index contributed by atoms with van der Waals surface area (Å²) in [6.07, 6.45) is 1.73. The van der Waals surface area contributed by atoms with E-state index in [1.54, 1.807) is 13.3 Å². The normalized spacial score (nSPS) is 10.3. The largest absolute Gasteiger partial charge is 0.496 e. The minimum absolute atomic E-state index is 0.621. The van der Waals surface area contributed by atoms with Gasteiger partial charge in [-0.05, 0) is 34.1 Å². The molecule has 2 aromatic rings. The summed E-state index contributed by atoms with van der Waals surface area (Å²) in [5.74, 6) is 0.818. The number of para-hydroxylation sites is 1. The summed E-state index contributed by atoms with van der Waals surface area (Å²) in [6.45, 7) is 0. The Hall–Kier alpha value is -0.710. The molecule has 2 nitrogen and oxygen atoms in total. The summed E-state index contributed by atoms with van der Waals surface area (Å²) in [7, 11) is 1.65. The van der Waals surface area contributed by atoms with Crippen LogP contribution in [0.25, 0.3) is 0 Å². The highest BCUT2D eigenvalue weighted by molar-refractivity contribution is 9.10. The first-order chi connectivity index (χ1) is 8.20. The molecule has 0 bridgehead atoms. The number of pyridine rings is 1. The topological polar surface area (TPSA) is 22.1 Å². The van der Waals surface area contributed by atoms with Gasteiger partial charge in [-0.25, -0.2) is 4.98 Å². The second kappa shape index (κ2) is 5.76. The van der Waals surface area contributed by atoms with E-state index in [1.807, 2.05) is 30.3 Å².